The van der Waals surface area contributed by atoms with Crippen molar-refractivity contribution in [2.24, 2.45) is 0 Å². The Morgan fingerprint density at radius 2 is 2.33 bits per heavy atom. The van der Waals surface area contributed by atoms with Crippen LogP contribution in [0.5, 0.6) is 0 Å². The molecular weight excluding hydrogens is 278 g/mol. The Balaban J connectivity index is 1.87. The van der Waals surface area contributed by atoms with E-state index in [-0.39, 0.29) is 18.9 Å². The van der Waals surface area contributed by atoms with E-state index >= 15 is 0 Å². The lowest BCUT2D eigenvalue weighted by molar-refractivity contribution is -0.131. The van der Waals surface area contributed by atoms with Crippen molar-refractivity contribution in [1.29, 1.82) is 0 Å². The molecule has 1 fully saturated rings. The Bertz CT molecular complexity index is 514. The second-order valence-electron chi connectivity index (χ2n) is 4.55. The van der Waals surface area contributed by atoms with Gasteiger partial charge in [0.15, 0.2) is 0 Å². The summed E-state index contributed by atoms with van der Waals surface area (Å²) in [5.74, 6) is -0.243. The Kier molecular flexibility index (Phi) is 4.94. The van der Waals surface area contributed by atoms with Crippen LogP contribution < -0.4 is 10.6 Å². The van der Waals surface area contributed by atoms with Crippen LogP contribution in [-0.4, -0.2) is 49.0 Å². The number of rotatable bonds is 7. The van der Waals surface area contributed by atoms with Gasteiger partial charge in [0.25, 0.3) is 5.91 Å². The predicted octanol–water partition coefficient (Wildman–Crippen LogP) is -0.147. The molecule has 1 aliphatic heterocycles. The molecule has 114 valence electrons. The van der Waals surface area contributed by atoms with Gasteiger partial charge in [-0.05, 0) is 12.1 Å². The average molecular weight is 295 g/mol. The van der Waals surface area contributed by atoms with E-state index in [1.807, 2.05) is 0 Å². The van der Waals surface area contributed by atoms with Crippen LogP contribution in [0.15, 0.2) is 22.8 Å². The molecule has 21 heavy (non-hydrogen) atoms. The average Bonchev–Trinajstić information content (AvgIpc) is 3.04. The normalized spacial score (nSPS) is 18.0. The summed E-state index contributed by atoms with van der Waals surface area (Å²) < 4.78 is 9.91. The van der Waals surface area contributed by atoms with Gasteiger partial charge >= 0.3 is 6.03 Å². The molecule has 8 nitrogen and oxygen atoms in total. The van der Waals surface area contributed by atoms with E-state index in [9.17, 15) is 14.4 Å². The second kappa shape index (κ2) is 6.89. The topological polar surface area (TPSA) is 101 Å². The van der Waals surface area contributed by atoms with Crippen LogP contribution in [0.25, 0.3) is 0 Å². The number of ether oxygens (including phenoxy) is 1. The molecule has 8 heteroatoms. The lowest BCUT2D eigenvalue weighted by Gasteiger charge is -2.11. The Morgan fingerprint density at radius 1 is 1.52 bits per heavy atom. The third-order valence-corrected chi connectivity index (χ3v) is 3.02. The second-order valence-corrected chi connectivity index (χ2v) is 4.55. The fourth-order valence-electron chi connectivity index (χ4n) is 1.97. The molecule has 1 saturated heterocycles. The van der Waals surface area contributed by atoms with Crippen molar-refractivity contribution < 1.29 is 23.5 Å². The van der Waals surface area contributed by atoms with E-state index < -0.39 is 18.0 Å². The summed E-state index contributed by atoms with van der Waals surface area (Å²) >= 11 is 0. The van der Waals surface area contributed by atoms with Crippen molar-refractivity contribution in [1.82, 2.24) is 15.5 Å². The Labute approximate surface area is 121 Å². The van der Waals surface area contributed by atoms with Crippen molar-refractivity contribution in [3.63, 3.8) is 0 Å². The molecule has 0 aliphatic carbocycles. The molecule has 1 unspecified atom stereocenters. The minimum atomic E-state index is -0.838. The zero-order valence-electron chi connectivity index (χ0n) is 11.6. The summed E-state index contributed by atoms with van der Waals surface area (Å²) in [5, 5.41) is 5.09. The predicted molar refractivity (Wildman–Crippen MR) is 71.1 cm³/mol. The first-order valence-corrected chi connectivity index (χ1v) is 6.51. The third kappa shape index (κ3) is 3.82. The number of methoxy groups -OCH3 is 1. The van der Waals surface area contributed by atoms with E-state index in [2.05, 4.69) is 10.6 Å². The number of carbonyl (C=O) groups is 3. The summed E-state index contributed by atoms with van der Waals surface area (Å²) in [5.41, 5.74) is 0. The quantitative estimate of drug-likeness (QED) is 0.538. The maximum atomic E-state index is 12.1. The maximum Gasteiger partial charge on any atom is 0.325 e. The van der Waals surface area contributed by atoms with Crippen molar-refractivity contribution >= 4 is 17.8 Å². The van der Waals surface area contributed by atoms with Gasteiger partial charge in [-0.2, -0.15) is 0 Å². The number of hydrogen-bond donors (Lipinski definition) is 2. The van der Waals surface area contributed by atoms with Crippen molar-refractivity contribution in [2.75, 3.05) is 20.3 Å². The minimum Gasteiger partial charge on any atom is -0.467 e. The van der Waals surface area contributed by atoms with Crippen molar-refractivity contribution in [3.05, 3.63) is 24.2 Å². The highest BCUT2D eigenvalue weighted by molar-refractivity contribution is 6.05. The highest BCUT2D eigenvalue weighted by Crippen LogP contribution is 2.14. The van der Waals surface area contributed by atoms with Crippen LogP contribution in [0.4, 0.5) is 4.79 Å². The Hall–Kier alpha value is -2.35. The molecule has 4 amide bonds. The minimum absolute atomic E-state index is 0.0550. The standard InChI is InChI=1S/C13H17N3O5/c1-20-6-4-14-11(17)7-10-12(18)16(13(19)15-10)8-9-3-2-5-21-9/h2-3,5,10H,4,6-8H2,1H3,(H,14,17)(H,15,19). The lowest BCUT2D eigenvalue weighted by Crippen LogP contribution is -2.37. The largest absolute Gasteiger partial charge is 0.467 e. The highest BCUT2D eigenvalue weighted by Gasteiger charge is 2.39. The van der Waals surface area contributed by atoms with Crippen LogP contribution in [0.2, 0.25) is 0 Å². The molecule has 0 spiro atoms. The van der Waals surface area contributed by atoms with Crippen molar-refractivity contribution in [2.45, 2.75) is 19.0 Å². The summed E-state index contributed by atoms with van der Waals surface area (Å²) in [6.45, 7) is 0.807. The number of amides is 4. The Morgan fingerprint density at radius 3 is 3.00 bits per heavy atom. The number of nitrogens with one attached hydrogen (secondary N) is 2. The van der Waals surface area contributed by atoms with Gasteiger partial charge in [-0.1, -0.05) is 0 Å². The zero-order valence-corrected chi connectivity index (χ0v) is 11.6. The first-order chi connectivity index (χ1) is 10.1. The van der Waals surface area contributed by atoms with E-state index in [1.54, 1.807) is 12.1 Å². The van der Waals surface area contributed by atoms with Crippen molar-refractivity contribution in [3.8, 4) is 0 Å². The molecule has 2 heterocycles. The van der Waals surface area contributed by atoms with E-state index in [4.69, 9.17) is 9.15 Å². The van der Waals surface area contributed by atoms with E-state index in [0.717, 1.165) is 4.90 Å². The molecule has 0 aromatic carbocycles. The molecule has 2 rings (SSSR count). The highest BCUT2D eigenvalue weighted by atomic mass is 16.5. The number of imide groups is 1. The molecule has 0 radical (unpaired) electrons. The number of urea groups is 1. The van der Waals surface area contributed by atoms with Gasteiger partial charge in [0.05, 0.1) is 25.8 Å². The summed E-state index contributed by atoms with van der Waals surface area (Å²) in [7, 11) is 1.53. The third-order valence-electron chi connectivity index (χ3n) is 3.02. The van der Waals surface area contributed by atoms with E-state index in [0.29, 0.717) is 18.9 Å². The van der Waals surface area contributed by atoms with Gasteiger partial charge in [0, 0.05) is 13.7 Å². The van der Waals surface area contributed by atoms with Crippen LogP contribution in [0, 0.1) is 0 Å². The van der Waals surface area contributed by atoms with Crippen LogP contribution >= 0.6 is 0 Å². The molecular formula is C13H17N3O5. The number of nitrogens with zero attached hydrogens (tertiary/aromatic N) is 1. The fraction of sp³-hybridized carbons (Fsp3) is 0.462. The molecule has 0 bridgehead atoms. The van der Waals surface area contributed by atoms with Crippen LogP contribution in [0.3, 0.4) is 0 Å². The smallest absolute Gasteiger partial charge is 0.325 e. The van der Waals surface area contributed by atoms with Gasteiger partial charge < -0.3 is 19.8 Å². The summed E-state index contributed by atoms with van der Waals surface area (Å²) in [6.07, 6.45) is 1.37. The monoisotopic (exact) mass is 295 g/mol. The summed E-state index contributed by atoms with van der Waals surface area (Å²) in [4.78, 5) is 36.5. The fourth-order valence-corrected chi connectivity index (χ4v) is 1.97. The molecule has 2 N–H and O–H groups in total. The molecule has 1 aliphatic rings. The lowest BCUT2D eigenvalue weighted by atomic mass is 10.2. The molecule has 1 aromatic heterocycles. The SMILES string of the molecule is COCCNC(=O)CC1NC(=O)N(Cc2ccco2)C1=O. The number of hydrogen-bond acceptors (Lipinski definition) is 5. The number of furan rings is 1. The van der Waals surface area contributed by atoms with Gasteiger partial charge in [-0.25, -0.2) is 4.79 Å². The maximum absolute atomic E-state index is 12.1. The molecule has 1 atom stereocenters. The van der Waals surface area contributed by atoms with Gasteiger partial charge in [0.2, 0.25) is 5.91 Å². The van der Waals surface area contributed by atoms with Crippen LogP contribution in [0.1, 0.15) is 12.2 Å². The summed E-state index contributed by atoms with van der Waals surface area (Å²) in [6, 6.07) is 1.99. The van der Waals surface area contributed by atoms with Gasteiger partial charge in [0.1, 0.15) is 11.8 Å². The van der Waals surface area contributed by atoms with Gasteiger partial charge in [-0.3, -0.25) is 14.5 Å². The molecule has 0 saturated carbocycles. The first-order valence-electron chi connectivity index (χ1n) is 6.51. The number of carbonyl (C=O) groups excluding carboxylic acids is 3. The van der Waals surface area contributed by atoms with E-state index in [1.165, 1.54) is 13.4 Å². The van der Waals surface area contributed by atoms with Crippen LogP contribution in [-0.2, 0) is 20.9 Å². The molecule has 1 aromatic rings. The van der Waals surface area contributed by atoms with Gasteiger partial charge in [-0.15, -0.1) is 0 Å². The first kappa shape index (κ1) is 15.0. The zero-order chi connectivity index (χ0) is 15.2.